The summed E-state index contributed by atoms with van der Waals surface area (Å²) in [5.74, 6) is -0.317. The van der Waals surface area contributed by atoms with Crippen LogP contribution in [0, 0.1) is 0 Å². The minimum absolute atomic E-state index is 0.151. The number of ether oxygens (including phenoxy) is 1. The number of carbonyl (C=O) groups excluding carboxylic acids is 1. The van der Waals surface area contributed by atoms with E-state index < -0.39 is 0 Å². The molecule has 0 heterocycles. The van der Waals surface area contributed by atoms with Crippen molar-refractivity contribution in [2.24, 2.45) is 0 Å². The molecule has 0 radical (unpaired) electrons. The second-order valence-electron chi connectivity index (χ2n) is 5.18. The Bertz CT molecular complexity index is 419. The van der Waals surface area contributed by atoms with E-state index in [-0.39, 0.29) is 11.4 Å². The minimum Gasteiger partial charge on any atom is -0.466 e. The zero-order valence-electron chi connectivity index (χ0n) is 11.2. The van der Waals surface area contributed by atoms with Crippen molar-refractivity contribution in [2.45, 2.75) is 33.1 Å². The van der Waals surface area contributed by atoms with Crippen molar-refractivity contribution in [3.63, 3.8) is 0 Å². The number of hydrogen-bond acceptors (Lipinski definition) is 2. The van der Waals surface area contributed by atoms with Crippen LogP contribution in [-0.4, -0.2) is 13.1 Å². The van der Waals surface area contributed by atoms with Gasteiger partial charge in [0.1, 0.15) is 0 Å². The van der Waals surface area contributed by atoms with Gasteiger partial charge in [-0.15, -0.1) is 0 Å². The highest BCUT2D eigenvalue weighted by atomic mass is 16.5. The van der Waals surface area contributed by atoms with E-state index in [4.69, 9.17) is 0 Å². The van der Waals surface area contributed by atoms with Gasteiger partial charge in [0.25, 0.3) is 0 Å². The van der Waals surface area contributed by atoms with E-state index in [1.165, 1.54) is 18.7 Å². The molecule has 0 aliphatic carbocycles. The molecule has 0 atom stereocenters. The smallest absolute Gasteiger partial charge is 0.330 e. The lowest BCUT2D eigenvalue weighted by Gasteiger charge is -2.19. The third-order valence-electron chi connectivity index (χ3n) is 2.74. The summed E-state index contributed by atoms with van der Waals surface area (Å²) < 4.78 is 4.61. The first-order chi connectivity index (χ1) is 7.84. The Morgan fingerprint density at radius 1 is 1.18 bits per heavy atom. The quantitative estimate of drug-likeness (QED) is 0.575. The Balaban J connectivity index is 2.96. The Morgan fingerprint density at radius 3 is 2.12 bits per heavy atom. The fourth-order valence-corrected chi connectivity index (χ4v) is 1.55. The Hall–Kier alpha value is -1.57. The molecule has 0 N–H and O–H groups in total. The first kappa shape index (κ1) is 13.5. The van der Waals surface area contributed by atoms with Gasteiger partial charge in [-0.2, -0.15) is 0 Å². The molecule has 92 valence electrons. The Morgan fingerprint density at radius 2 is 1.71 bits per heavy atom. The molecule has 0 unspecified atom stereocenters. The molecule has 0 aliphatic heterocycles. The van der Waals surface area contributed by atoms with Crippen molar-refractivity contribution in [3.05, 3.63) is 41.5 Å². The SMILES string of the molecule is COC(=O)/C=C(\C)c1ccc(C(C)(C)C)cc1. The average molecular weight is 232 g/mol. The van der Waals surface area contributed by atoms with Gasteiger partial charge in [-0.1, -0.05) is 45.0 Å². The van der Waals surface area contributed by atoms with Gasteiger partial charge in [-0.3, -0.25) is 0 Å². The molecule has 0 bridgehead atoms. The van der Waals surface area contributed by atoms with Crippen LogP contribution in [0.5, 0.6) is 0 Å². The van der Waals surface area contributed by atoms with E-state index in [1.807, 2.05) is 19.1 Å². The Kier molecular flexibility index (Phi) is 4.11. The normalized spacial score (nSPS) is 12.4. The zero-order valence-corrected chi connectivity index (χ0v) is 11.2. The van der Waals surface area contributed by atoms with Gasteiger partial charge >= 0.3 is 5.97 Å². The van der Waals surface area contributed by atoms with Crippen LogP contribution in [0.4, 0.5) is 0 Å². The summed E-state index contributed by atoms with van der Waals surface area (Å²) in [7, 11) is 1.38. The molecule has 0 saturated heterocycles. The van der Waals surface area contributed by atoms with Crippen LogP contribution in [0.15, 0.2) is 30.3 Å². The van der Waals surface area contributed by atoms with Crippen LogP contribution < -0.4 is 0 Å². The molecule has 1 aromatic rings. The van der Waals surface area contributed by atoms with Crippen molar-refractivity contribution in [2.75, 3.05) is 7.11 Å². The molecule has 0 saturated carbocycles. The number of carbonyl (C=O) groups is 1. The molecular formula is C15H20O2. The first-order valence-electron chi connectivity index (χ1n) is 5.72. The van der Waals surface area contributed by atoms with E-state index in [1.54, 1.807) is 0 Å². The van der Waals surface area contributed by atoms with Gasteiger partial charge in [-0.25, -0.2) is 4.79 Å². The maximum atomic E-state index is 11.1. The third-order valence-corrected chi connectivity index (χ3v) is 2.74. The lowest BCUT2D eigenvalue weighted by Crippen LogP contribution is -2.10. The van der Waals surface area contributed by atoms with Gasteiger partial charge in [0.05, 0.1) is 7.11 Å². The number of methoxy groups -OCH3 is 1. The summed E-state index contributed by atoms with van der Waals surface area (Å²) in [5, 5.41) is 0. The average Bonchev–Trinajstić information content (AvgIpc) is 2.27. The predicted molar refractivity (Wildman–Crippen MR) is 70.8 cm³/mol. The number of hydrogen-bond donors (Lipinski definition) is 0. The summed E-state index contributed by atoms with van der Waals surface area (Å²) in [5.41, 5.74) is 3.39. The predicted octanol–water partition coefficient (Wildman–Crippen LogP) is 3.56. The number of rotatable bonds is 2. The van der Waals surface area contributed by atoms with Crippen molar-refractivity contribution in [1.82, 2.24) is 0 Å². The highest BCUT2D eigenvalue weighted by Crippen LogP contribution is 2.24. The largest absolute Gasteiger partial charge is 0.466 e. The van der Waals surface area contributed by atoms with Gasteiger partial charge in [-0.05, 0) is 29.0 Å². The molecule has 1 rings (SSSR count). The van der Waals surface area contributed by atoms with Crippen molar-refractivity contribution in [3.8, 4) is 0 Å². The van der Waals surface area contributed by atoms with Crippen LogP contribution in [0.2, 0.25) is 0 Å². The fraction of sp³-hybridized carbons (Fsp3) is 0.400. The monoisotopic (exact) mass is 232 g/mol. The third kappa shape index (κ3) is 3.74. The fourth-order valence-electron chi connectivity index (χ4n) is 1.55. The zero-order chi connectivity index (χ0) is 13.1. The molecule has 0 aromatic heterocycles. The Labute approximate surface area is 103 Å². The maximum absolute atomic E-state index is 11.1. The van der Waals surface area contributed by atoms with Crippen molar-refractivity contribution < 1.29 is 9.53 Å². The van der Waals surface area contributed by atoms with Crippen LogP contribution >= 0.6 is 0 Å². The highest BCUT2D eigenvalue weighted by molar-refractivity contribution is 5.90. The van der Waals surface area contributed by atoms with Gasteiger partial charge < -0.3 is 4.74 Å². The molecule has 0 aliphatic rings. The number of esters is 1. The lowest BCUT2D eigenvalue weighted by molar-refractivity contribution is -0.134. The first-order valence-corrected chi connectivity index (χ1v) is 5.72. The summed E-state index contributed by atoms with van der Waals surface area (Å²) >= 11 is 0. The highest BCUT2D eigenvalue weighted by Gasteiger charge is 2.13. The second kappa shape index (κ2) is 5.17. The van der Waals surface area contributed by atoms with Crippen molar-refractivity contribution >= 4 is 11.5 Å². The van der Waals surface area contributed by atoms with E-state index >= 15 is 0 Å². The molecule has 0 amide bonds. The van der Waals surface area contributed by atoms with Crippen LogP contribution in [-0.2, 0) is 14.9 Å². The molecule has 0 fully saturated rings. The molecular weight excluding hydrogens is 212 g/mol. The number of benzene rings is 1. The standard InChI is InChI=1S/C15H20O2/c1-11(10-14(16)17-5)12-6-8-13(9-7-12)15(2,3)4/h6-10H,1-5H3/b11-10+. The molecule has 2 heteroatoms. The van der Waals surface area contributed by atoms with Crippen LogP contribution in [0.25, 0.3) is 5.57 Å². The molecule has 0 spiro atoms. The van der Waals surface area contributed by atoms with E-state index in [0.717, 1.165) is 11.1 Å². The number of allylic oxidation sites excluding steroid dienone is 1. The topological polar surface area (TPSA) is 26.3 Å². The lowest BCUT2D eigenvalue weighted by atomic mass is 9.86. The molecule has 17 heavy (non-hydrogen) atoms. The summed E-state index contributed by atoms with van der Waals surface area (Å²) in [6.07, 6.45) is 1.51. The van der Waals surface area contributed by atoms with Crippen LogP contribution in [0.3, 0.4) is 0 Å². The van der Waals surface area contributed by atoms with Crippen LogP contribution in [0.1, 0.15) is 38.8 Å². The van der Waals surface area contributed by atoms with Crippen molar-refractivity contribution in [1.29, 1.82) is 0 Å². The summed E-state index contributed by atoms with van der Waals surface area (Å²) in [6, 6.07) is 8.28. The van der Waals surface area contributed by atoms with Gasteiger partial charge in [0, 0.05) is 6.08 Å². The van der Waals surface area contributed by atoms with Gasteiger partial charge in [0.15, 0.2) is 0 Å². The van der Waals surface area contributed by atoms with Gasteiger partial charge in [0.2, 0.25) is 0 Å². The summed E-state index contributed by atoms with van der Waals surface area (Å²) in [4.78, 5) is 11.1. The minimum atomic E-state index is -0.317. The van der Waals surface area contributed by atoms with E-state index in [0.29, 0.717) is 0 Å². The summed E-state index contributed by atoms with van der Waals surface area (Å²) in [6.45, 7) is 8.44. The van der Waals surface area contributed by atoms with E-state index in [2.05, 4.69) is 37.6 Å². The molecule has 2 nitrogen and oxygen atoms in total. The van der Waals surface area contributed by atoms with E-state index in [9.17, 15) is 4.79 Å². The maximum Gasteiger partial charge on any atom is 0.330 e. The second-order valence-corrected chi connectivity index (χ2v) is 5.18. The molecule has 1 aromatic carbocycles.